The lowest BCUT2D eigenvalue weighted by atomic mass is 9.91. The molecule has 31 heavy (non-hydrogen) atoms. The van der Waals surface area contributed by atoms with E-state index in [0.717, 1.165) is 19.3 Å². The highest BCUT2D eigenvalue weighted by atomic mass is 16.6. The van der Waals surface area contributed by atoms with Gasteiger partial charge in [0.25, 0.3) is 0 Å². The summed E-state index contributed by atoms with van der Waals surface area (Å²) in [4.78, 5) is 25.1. The lowest BCUT2D eigenvalue weighted by Crippen LogP contribution is -2.36. The van der Waals surface area contributed by atoms with Crippen molar-refractivity contribution < 1.29 is 23.8 Å². The molecule has 0 N–H and O–H groups in total. The zero-order valence-corrected chi connectivity index (χ0v) is 18.1. The lowest BCUT2D eigenvalue weighted by Gasteiger charge is -2.23. The van der Waals surface area contributed by atoms with E-state index < -0.39 is 24.1 Å². The highest BCUT2D eigenvalue weighted by Crippen LogP contribution is 2.35. The van der Waals surface area contributed by atoms with Crippen LogP contribution in [-0.2, 0) is 14.2 Å². The molecular weight excluding hydrogens is 392 g/mol. The molecule has 4 unspecified atom stereocenters. The van der Waals surface area contributed by atoms with E-state index in [0.29, 0.717) is 11.1 Å². The van der Waals surface area contributed by atoms with Crippen LogP contribution in [0.25, 0.3) is 0 Å². The number of allylic oxidation sites excluding steroid dienone is 1. The zero-order valence-electron chi connectivity index (χ0n) is 18.1. The standard InChI is InChI=1S/C26H30O5/c1-3-5-8-17-22-21(4-2)24(31-26(28)20-15-11-7-12-16-20)23(30-22)18-29-25(27)19-13-9-6-10-14-19/h5-16,21-24H,3-4,17-18H2,1-2H3. The van der Waals surface area contributed by atoms with Crippen LogP contribution in [0, 0.1) is 5.92 Å². The minimum atomic E-state index is -0.509. The summed E-state index contributed by atoms with van der Waals surface area (Å²) in [6.07, 6.45) is 5.59. The van der Waals surface area contributed by atoms with Gasteiger partial charge in [0.15, 0.2) is 0 Å². The smallest absolute Gasteiger partial charge is 0.338 e. The first-order valence-electron chi connectivity index (χ1n) is 10.9. The van der Waals surface area contributed by atoms with Gasteiger partial charge in [-0.05, 0) is 43.5 Å². The van der Waals surface area contributed by atoms with Crippen LogP contribution in [0.15, 0.2) is 72.8 Å². The number of carbonyl (C=O) groups is 2. The Morgan fingerprint density at radius 3 is 2.06 bits per heavy atom. The number of hydrogen-bond donors (Lipinski definition) is 0. The van der Waals surface area contributed by atoms with E-state index >= 15 is 0 Å². The van der Waals surface area contributed by atoms with Gasteiger partial charge in [-0.2, -0.15) is 0 Å². The van der Waals surface area contributed by atoms with E-state index in [2.05, 4.69) is 26.0 Å². The van der Waals surface area contributed by atoms with Crippen LogP contribution in [0.2, 0.25) is 0 Å². The fourth-order valence-corrected chi connectivity index (χ4v) is 3.89. The Hall–Kier alpha value is -2.92. The number of rotatable bonds is 9. The summed E-state index contributed by atoms with van der Waals surface area (Å²) in [5, 5.41) is 0. The predicted molar refractivity (Wildman–Crippen MR) is 119 cm³/mol. The Bertz CT molecular complexity index is 862. The lowest BCUT2D eigenvalue weighted by molar-refractivity contribution is -0.0419. The van der Waals surface area contributed by atoms with Gasteiger partial charge in [0.2, 0.25) is 0 Å². The second-order valence-electron chi connectivity index (χ2n) is 7.60. The van der Waals surface area contributed by atoms with Gasteiger partial charge in [-0.15, -0.1) is 0 Å². The first kappa shape index (κ1) is 22.8. The third-order valence-electron chi connectivity index (χ3n) is 5.50. The minimum Gasteiger partial charge on any atom is -0.459 e. The van der Waals surface area contributed by atoms with Crippen LogP contribution in [0.5, 0.6) is 0 Å². The van der Waals surface area contributed by atoms with Crippen molar-refractivity contribution in [3.8, 4) is 0 Å². The van der Waals surface area contributed by atoms with Crippen LogP contribution in [-0.4, -0.2) is 36.9 Å². The summed E-state index contributed by atoms with van der Waals surface area (Å²) in [7, 11) is 0. The highest BCUT2D eigenvalue weighted by molar-refractivity contribution is 5.90. The van der Waals surface area contributed by atoms with Crippen LogP contribution in [0.1, 0.15) is 53.8 Å². The largest absolute Gasteiger partial charge is 0.459 e. The van der Waals surface area contributed by atoms with Gasteiger partial charge in [0.05, 0.1) is 17.2 Å². The Kier molecular flexibility index (Phi) is 8.42. The third-order valence-corrected chi connectivity index (χ3v) is 5.50. The van der Waals surface area contributed by atoms with E-state index in [1.807, 2.05) is 12.1 Å². The molecule has 1 fully saturated rings. The molecule has 0 bridgehead atoms. The SMILES string of the molecule is CCC=CCC1OC(COC(=O)c2ccccc2)C(OC(=O)c2ccccc2)C1CC. The Balaban J connectivity index is 1.73. The molecule has 0 amide bonds. The number of benzene rings is 2. The van der Waals surface area contributed by atoms with Gasteiger partial charge >= 0.3 is 11.9 Å². The fourth-order valence-electron chi connectivity index (χ4n) is 3.89. The molecule has 1 aliphatic rings. The van der Waals surface area contributed by atoms with Crippen molar-refractivity contribution in [3.05, 3.63) is 83.9 Å². The number of carbonyl (C=O) groups excluding carboxylic acids is 2. The second-order valence-corrected chi connectivity index (χ2v) is 7.60. The van der Waals surface area contributed by atoms with Crippen molar-refractivity contribution >= 4 is 11.9 Å². The summed E-state index contributed by atoms with van der Waals surface area (Å²) >= 11 is 0. The maximum Gasteiger partial charge on any atom is 0.338 e. The molecule has 0 aromatic heterocycles. The predicted octanol–water partition coefficient (Wildman–Crippen LogP) is 5.22. The van der Waals surface area contributed by atoms with E-state index in [1.165, 1.54) is 0 Å². The minimum absolute atomic E-state index is 0.0228. The average molecular weight is 423 g/mol. The van der Waals surface area contributed by atoms with E-state index in [-0.39, 0.29) is 18.6 Å². The van der Waals surface area contributed by atoms with Crippen molar-refractivity contribution in [1.29, 1.82) is 0 Å². The summed E-state index contributed by atoms with van der Waals surface area (Å²) in [6, 6.07) is 17.7. The first-order valence-corrected chi connectivity index (χ1v) is 10.9. The molecule has 2 aromatic carbocycles. The number of hydrogen-bond acceptors (Lipinski definition) is 5. The molecule has 5 heteroatoms. The molecule has 0 spiro atoms. The maximum absolute atomic E-state index is 12.7. The Morgan fingerprint density at radius 1 is 0.871 bits per heavy atom. The molecule has 2 aromatic rings. The van der Waals surface area contributed by atoms with Gasteiger partial charge in [0.1, 0.15) is 18.8 Å². The molecule has 1 saturated heterocycles. The zero-order chi connectivity index (χ0) is 22.1. The topological polar surface area (TPSA) is 61.8 Å². The van der Waals surface area contributed by atoms with Gasteiger partial charge in [-0.1, -0.05) is 62.4 Å². The van der Waals surface area contributed by atoms with Crippen molar-refractivity contribution in [2.24, 2.45) is 5.92 Å². The highest BCUT2D eigenvalue weighted by Gasteiger charge is 2.46. The molecule has 164 valence electrons. The van der Waals surface area contributed by atoms with Gasteiger partial charge in [-0.25, -0.2) is 9.59 Å². The Morgan fingerprint density at radius 2 is 1.48 bits per heavy atom. The first-order chi connectivity index (χ1) is 15.1. The van der Waals surface area contributed by atoms with Gasteiger partial charge < -0.3 is 14.2 Å². The molecule has 3 rings (SSSR count). The van der Waals surface area contributed by atoms with Crippen LogP contribution in [0.4, 0.5) is 0 Å². The van der Waals surface area contributed by atoms with Crippen LogP contribution < -0.4 is 0 Å². The molecule has 1 heterocycles. The quantitative estimate of drug-likeness (QED) is 0.410. The van der Waals surface area contributed by atoms with E-state index in [1.54, 1.807) is 48.5 Å². The second kappa shape index (κ2) is 11.5. The molecule has 0 radical (unpaired) electrons. The summed E-state index contributed by atoms with van der Waals surface area (Å²) < 4.78 is 17.7. The Labute approximate surface area is 184 Å². The fraction of sp³-hybridized carbons (Fsp3) is 0.385. The maximum atomic E-state index is 12.7. The van der Waals surface area contributed by atoms with Crippen molar-refractivity contribution in [2.75, 3.05) is 6.61 Å². The number of esters is 2. The molecule has 0 saturated carbocycles. The molecule has 1 aliphatic heterocycles. The molecular formula is C26H30O5. The van der Waals surface area contributed by atoms with Crippen LogP contribution in [0.3, 0.4) is 0 Å². The van der Waals surface area contributed by atoms with Gasteiger partial charge in [0, 0.05) is 5.92 Å². The van der Waals surface area contributed by atoms with E-state index in [4.69, 9.17) is 14.2 Å². The molecule has 4 atom stereocenters. The monoisotopic (exact) mass is 422 g/mol. The molecule has 5 nitrogen and oxygen atoms in total. The summed E-state index contributed by atoms with van der Waals surface area (Å²) in [6.45, 7) is 4.18. The average Bonchev–Trinajstić information content (AvgIpc) is 3.14. The normalized spacial score (nSPS) is 23.0. The third kappa shape index (κ3) is 6.05. The van der Waals surface area contributed by atoms with E-state index in [9.17, 15) is 9.59 Å². The van der Waals surface area contributed by atoms with Gasteiger partial charge in [-0.3, -0.25) is 0 Å². The van der Waals surface area contributed by atoms with Crippen molar-refractivity contribution in [2.45, 2.75) is 51.4 Å². The van der Waals surface area contributed by atoms with Crippen LogP contribution >= 0.6 is 0 Å². The van der Waals surface area contributed by atoms with Crippen molar-refractivity contribution in [3.63, 3.8) is 0 Å². The number of ether oxygens (including phenoxy) is 3. The summed E-state index contributed by atoms with van der Waals surface area (Å²) in [5.74, 6) is -0.786. The summed E-state index contributed by atoms with van der Waals surface area (Å²) in [5.41, 5.74) is 0.972. The molecule has 0 aliphatic carbocycles. The van der Waals surface area contributed by atoms with Crippen molar-refractivity contribution in [1.82, 2.24) is 0 Å².